The zero-order valence-corrected chi connectivity index (χ0v) is 11.5. The Kier molecular flexibility index (Phi) is 4.56. The summed E-state index contributed by atoms with van der Waals surface area (Å²) in [7, 11) is 0. The quantitative estimate of drug-likeness (QED) is 0.711. The number of hydrogen-bond donors (Lipinski definition) is 0. The van der Waals surface area contributed by atoms with Crippen LogP contribution in [0.15, 0.2) is 0 Å². The van der Waals surface area contributed by atoms with Gasteiger partial charge in [-0.05, 0) is 31.6 Å². The summed E-state index contributed by atoms with van der Waals surface area (Å²) in [6.45, 7) is 8.90. The first-order valence-electron chi connectivity index (χ1n) is 6.73. The zero-order chi connectivity index (χ0) is 13.1. The normalized spacial score (nSPS) is 15.8. The van der Waals surface area contributed by atoms with Gasteiger partial charge in [-0.1, -0.05) is 27.7 Å². The van der Waals surface area contributed by atoms with E-state index in [0.29, 0.717) is 24.8 Å². The molecule has 1 fully saturated rings. The highest BCUT2D eigenvalue weighted by Crippen LogP contribution is 2.35. The van der Waals surface area contributed by atoms with Crippen molar-refractivity contribution in [3.63, 3.8) is 0 Å². The summed E-state index contributed by atoms with van der Waals surface area (Å²) in [6.07, 6.45) is 3.43. The van der Waals surface area contributed by atoms with Crippen molar-refractivity contribution in [2.24, 2.45) is 11.3 Å². The number of amides is 1. The molecule has 0 aliphatic heterocycles. The van der Waals surface area contributed by atoms with Gasteiger partial charge in [-0.15, -0.1) is 0 Å². The Hall–Kier alpha value is -1.04. The lowest BCUT2D eigenvalue weighted by atomic mass is 9.82. The average molecular weight is 236 g/mol. The summed E-state index contributed by atoms with van der Waals surface area (Å²) in [5, 5.41) is 9.33. The molecular formula is C14H24N2O. The predicted octanol–water partition coefficient (Wildman–Crippen LogP) is 2.96. The molecule has 0 N–H and O–H groups in total. The van der Waals surface area contributed by atoms with Gasteiger partial charge in [0, 0.05) is 12.6 Å². The molecule has 3 heteroatoms. The zero-order valence-electron chi connectivity index (χ0n) is 11.5. The summed E-state index contributed by atoms with van der Waals surface area (Å²) in [5.74, 6) is 0.519. The van der Waals surface area contributed by atoms with Crippen LogP contribution in [0.1, 0.15) is 53.4 Å². The molecule has 1 aliphatic rings. The number of nitriles is 1. The van der Waals surface area contributed by atoms with Gasteiger partial charge < -0.3 is 4.90 Å². The topological polar surface area (TPSA) is 44.1 Å². The first-order chi connectivity index (χ1) is 8.00. The van der Waals surface area contributed by atoms with Crippen LogP contribution in [-0.2, 0) is 4.79 Å². The first-order valence-corrected chi connectivity index (χ1v) is 6.73. The first kappa shape index (κ1) is 14.0. The monoisotopic (exact) mass is 236 g/mol. The fourth-order valence-electron chi connectivity index (χ4n) is 2.21. The maximum Gasteiger partial charge on any atom is 0.243 e. The number of hydrogen-bond acceptors (Lipinski definition) is 2. The Morgan fingerprint density at radius 1 is 1.41 bits per heavy atom. The molecule has 1 rings (SSSR count). The third-order valence-electron chi connectivity index (χ3n) is 3.64. The summed E-state index contributed by atoms with van der Waals surface area (Å²) in [5.41, 5.74) is -0.794. The lowest BCUT2D eigenvalue weighted by Gasteiger charge is -2.32. The van der Waals surface area contributed by atoms with E-state index >= 15 is 0 Å². The van der Waals surface area contributed by atoms with Gasteiger partial charge in [-0.25, -0.2) is 0 Å². The SMILES string of the molecule is CCC(C#N)(CC)C(=O)N(CC(C)C)C1CC1. The maximum absolute atomic E-state index is 12.6. The molecule has 1 aliphatic carbocycles. The Bertz CT molecular complexity index is 309. The van der Waals surface area contributed by atoms with Gasteiger partial charge in [0.1, 0.15) is 5.41 Å². The molecule has 0 bridgehead atoms. The molecule has 0 aromatic heterocycles. The molecule has 0 aromatic carbocycles. The van der Waals surface area contributed by atoms with Crippen molar-refractivity contribution in [3.8, 4) is 6.07 Å². The fraction of sp³-hybridized carbons (Fsp3) is 0.857. The van der Waals surface area contributed by atoms with Crippen molar-refractivity contribution in [1.82, 2.24) is 4.90 Å². The van der Waals surface area contributed by atoms with E-state index in [9.17, 15) is 10.1 Å². The second-order valence-electron chi connectivity index (χ2n) is 5.48. The van der Waals surface area contributed by atoms with Crippen LogP contribution in [0, 0.1) is 22.7 Å². The van der Waals surface area contributed by atoms with Gasteiger partial charge in [0.15, 0.2) is 0 Å². The van der Waals surface area contributed by atoms with Gasteiger partial charge in [0.2, 0.25) is 5.91 Å². The highest BCUT2D eigenvalue weighted by Gasteiger charge is 2.43. The van der Waals surface area contributed by atoms with E-state index in [1.165, 1.54) is 0 Å². The third-order valence-corrected chi connectivity index (χ3v) is 3.64. The van der Waals surface area contributed by atoms with Gasteiger partial charge >= 0.3 is 0 Å². The second kappa shape index (κ2) is 5.53. The van der Waals surface area contributed by atoms with Crippen LogP contribution in [0.3, 0.4) is 0 Å². The van der Waals surface area contributed by atoms with Crippen LogP contribution in [0.2, 0.25) is 0 Å². The molecule has 1 saturated carbocycles. The molecular weight excluding hydrogens is 212 g/mol. The molecule has 0 heterocycles. The van der Waals surface area contributed by atoms with Crippen LogP contribution in [0.25, 0.3) is 0 Å². The van der Waals surface area contributed by atoms with E-state index in [1.54, 1.807) is 0 Å². The second-order valence-corrected chi connectivity index (χ2v) is 5.48. The van der Waals surface area contributed by atoms with Crippen molar-refractivity contribution in [2.75, 3.05) is 6.54 Å². The fourth-order valence-corrected chi connectivity index (χ4v) is 2.21. The van der Waals surface area contributed by atoms with Gasteiger partial charge in [-0.2, -0.15) is 5.26 Å². The van der Waals surface area contributed by atoms with Crippen LogP contribution in [0.5, 0.6) is 0 Å². The maximum atomic E-state index is 12.6. The van der Waals surface area contributed by atoms with E-state index in [1.807, 2.05) is 18.7 Å². The predicted molar refractivity (Wildman–Crippen MR) is 68.2 cm³/mol. The molecule has 96 valence electrons. The molecule has 0 unspecified atom stereocenters. The summed E-state index contributed by atoms with van der Waals surface area (Å²) in [6, 6.07) is 2.66. The lowest BCUT2D eigenvalue weighted by Crippen LogP contribution is -2.45. The van der Waals surface area contributed by atoms with Crippen LogP contribution >= 0.6 is 0 Å². The minimum atomic E-state index is -0.794. The highest BCUT2D eigenvalue weighted by molar-refractivity contribution is 5.86. The average Bonchev–Trinajstić information content (AvgIpc) is 3.12. The number of rotatable bonds is 6. The molecule has 3 nitrogen and oxygen atoms in total. The van der Waals surface area contributed by atoms with Crippen molar-refractivity contribution >= 4 is 5.91 Å². The minimum Gasteiger partial charge on any atom is -0.338 e. The smallest absolute Gasteiger partial charge is 0.243 e. The standard InChI is InChI=1S/C14H24N2O/c1-5-14(6-2,10-15)13(17)16(9-11(3)4)12-7-8-12/h11-12H,5-9H2,1-4H3. The van der Waals surface area contributed by atoms with Crippen molar-refractivity contribution in [1.29, 1.82) is 5.26 Å². The Balaban J connectivity index is 2.86. The molecule has 0 spiro atoms. The molecule has 1 amide bonds. The van der Waals surface area contributed by atoms with E-state index in [0.717, 1.165) is 19.4 Å². The molecule has 0 radical (unpaired) electrons. The Morgan fingerprint density at radius 3 is 2.24 bits per heavy atom. The van der Waals surface area contributed by atoms with E-state index in [-0.39, 0.29) is 5.91 Å². The molecule has 0 saturated heterocycles. The highest BCUT2D eigenvalue weighted by atomic mass is 16.2. The van der Waals surface area contributed by atoms with Crippen molar-refractivity contribution < 1.29 is 4.79 Å². The number of nitrogens with zero attached hydrogens (tertiary/aromatic N) is 2. The third kappa shape index (κ3) is 3.00. The van der Waals surface area contributed by atoms with Crippen molar-refractivity contribution in [2.45, 2.75) is 59.4 Å². The summed E-state index contributed by atoms with van der Waals surface area (Å²) < 4.78 is 0. The number of carbonyl (C=O) groups is 1. The van der Waals surface area contributed by atoms with Gasteiger partial charge in [-0.3, -0.25) is 4.79 Å². The van der Waals surface area contributed by atoms with E-state index in [2.05, 4.69) is 19.9 Å². The van der Waals surface area contributed by atoms with E-state index < -0.39 is 5.41 Å². The van der Waals surface area contributed by atoms with Crippen molar-refractivity contribution in [3.05, 3.63) is 0 Å². The number of carbonyl (C=O) groups excluding carboxylic acids is 1. The lowest BCUT2D eigenvalue weighted by molar-refractivity contribution is -0.140. The molecule has 17 heavy (non-hydrogen) atoms. The minimum absolute atomic E-state index is 0.0567. The largest absolute Gasteiger partial charge is 0.338 e. The molecule has 0 atom stereocenters. The van der Waals surface area contributed by atoms with E-state index in [4.69, 9.17) is 0 Å². The Labute approximate surface area is 105 Å². The summed E-state index contributed by atoms with van der Waals surface area (Å²) in [4.78, 5) is 14.5. The Morgan fingerprint density at radius 2 is 1.94 bits per heavy atom. The van der Waals surface area contributed by atoms with Crippen LogP contribution in [-0.4, -0.2) is 23.4 Å². The summed E-state index contributed by atoms with van der Waals surface area (Å²) >= 11 is 0. The molecule has 0 aromatic rings. The van der Waals surface area contributed by atoms with Gasteiger partial charge in [0.05, 0.1) is 6.07 Å². The van der Waals surface area contributed by atoms with Crippen LogP contribution < -0.4 is 0 Å². The van der Waals surface area contributed by atoms with Crippen LogP contribution in [0.4, 0.5) is 0 Å². The van der Waals surface area contributed by atoms with Gasteiger partial charge in [0.25, 0.3) is 0 Å².